The number of hydrogen-bond acceptors (Lipinski definition) is 6. The van der Waals surface area contributed by atoms with Crippen molar-refractivity contribution in [3.05, 3.63) is 44.7 Å². The lowest BCUT2D eigenvalue weighted by atomic mass is 10.1. The number of hydrogen-bond donors (Lipinski definition) is 0. The van der Waals surface area contributed by atoms with Crippen LogP contribution in [0.4, 0.5) is 0 Å². The van der Waals surface area contributed by atoms with Crippen molar-refractivity contribution in [3.63, 3.8) is 0 Å². The lowest BCUT2D eigenvalue weighted by molar-refractivity contribution is 0.360. The van der Waals surface area contributed by atoms with E-state index in [0.717, 1.165) is 10.9 Å². The Balaban J connectivity index is 1.91. The minimum Gasteiger partial charge on any atom is -0.339 e. The predicted octanol–water partition coefficient (Wildman–Crippen LogP) is 4.69. The summed E-state index contributed by atoms with van der Waals surface area (Å²) in [5.74, 6) is 2.57. The summed E-state index contributed by atoms with van der Waals surface area (Å²) >= 11 is 4.90. The molecule has 3 rings (SSSR count). The second kappa shape index (κ2) is 8.56. The molecule has 0 bridgehead atoms. The van der Waals surface area contributed by atoms with Gasteiger partial charge in [-0.3, -0.25) is 9.36 Å². The van der Waals surface area contributed by atoms with Crippen molar-refractivity contribution in [2.24, 2.45) is 11.8 Å². The number of rotatable bonds is 7. The van der Waals surface area contributed by atoms with Crippen molar-refractivity contribution in [1.82, 2.24) is 19.7 Å². The van der Waals surface area contributed by atoms with Crippen molar-refractivity contribution in [1.29, 1.82) is 0 Å². The molecule has 0 aliphatic carbocycles. The zero-order valence-electron chi connectivity index (χ0n) is 15.9. The van der Waals surface area contributed by atoms with Gasteiger partial charge in [0.25, 0.3) is 5.56 Å². The quantitative estimate of drug-likeness (QED) is 0.383. The zero-order chi connectivity index (χ0) is 19.6. The normalized spacial score (nSPS) is 11.8. The average Bonchev–Trinajstić information content (AvgIpc) is 3.03. The van der Waals surface area contributed by atoms with Gasteiger partial charge >= 0.3 is 0 Å². The van der Waals surface area contributed by atoms with E-state index in [2.05, 4.69) is 53.8 Å². The fraction of sp³-hybridized carbons (Fsp3) is 0.474. The molecule has 0 aliphatic heterocycles. The minimum atomic E-state index is -0.0221. The molecular formula is C19H23BrN4O2S. The van der Waals surface area contributed by atoms with Crippen molar-refractivity contribution in [3.8, 4) is 0 Å². The van der Waals surface area contributed by atoms with Gasteiger partial charge in [0, 0.05) is 17.4 Å². The van der Waals surface area contributed by atoms with Crippen molar-refractivity contribution in [2.45, 2.75) is 51.6 Å². The van der Waals surface area contributed by atoms with Crippen molar-refractivity contribution >= 4 is 38.6 Å². The van der Waals surface area contributed by atoms with E-state index in [0.29, 0.717) is 51.9 Å². The highest BCUT2D eigenvalue weighted by Crippen LogP contribution is 2.23. The molecule has 6 nitrogen and oxygen atoms in total. The van der Waals surface area contributed by atoms with Crippen LogP contribution in [0.3, 0.4) is 0 Å². The molecule has 0 radical (unpaired) electrons. The minimum absolute atomic E-state index is 0.0221. The Morgan fingerprint density at radius 3 is 2.67 bits per heavy atom. The van der Waals surface area contributed by atoms with Crippen LogP contribution in [0.25, 0.3) is 10.9 Å². The Morgan fingerprint density at radius 1 is 1.19 bits per heavy atom. The highest BCUT2D eigenvalue weighted by atomic mass is 79.9. The highest BCUT2D eigenvalue weighted by molar-refractivity contribution is 9.10. The molecule has 1 aromatic carbocycles. The molecule has 3 aromatic rings. The fourth-order valence-electron chi connectivity index (χ4n) is 2.72. The average molecular weight is 451 g/mol. The third-order valence-corrected chi connectivity index (χ3v) is 5.32. The molecule has 0 aliphatic rings. The summed E-state index contributed by atoms with van der Waals surface area (Å²) in [5.41, 5.74) is 0.672. The van der Waals surface area contributed by atoms with Gasteiger partial charge in [0.05, 0.1) is 16.7 Å². The summed E-state index contributed by atoms with van der Waals surface area (Å²) in [6.45, 7) is 9.01. The maximum absolute atomic E-state index is 13.0. The van der Waals surface area contributed by atoms with Crippen LogP contribution in [0.5, 0.6) is 0 Å². The van der Waals surface area contributed by atoms with Gasteiger partial charge in [0.15, 0.2) is 11.0 Å². The summed E-state index contributed by atoms with van der Waals surface area (Å²) in [5, 5.41) is 5.34. The largest absolute Gasteiger partial charge is 0.339 e. The molecule has 8 heteroatoms. The molecule has 0 atom stereocenters. The second-order valence-corrected chi connectivity index (χ2v) is 9.21. The number of halogens is 1. The SMILES string of the molecule is CC(C)Cc1nc(CSc2nc3ccc(Br)cc3c(=O)n2CC(C)C)no1. The lowest BCUT2D eigenvalue weighted by Gasteiger charge is -2.14. The fourth-order valence-corrected chi connectivity index (χ4v) is 3.93. The third kappa shape index (κ3) is 4.99. The van der Waals surface area contributed by atoms with Crippen LogP contribution in [-0.2, 0) is 18.7 Å². The van der Waals surface area contributed by atoms with Gasteiger partial charge < -0.3 is 4.52 Å². The highest BCUT2D eigenvalue weighted by Gasteiger charge is 2.15. The molecule has 0 saturated carbocycles. The Bertz CT molecular complexity index is 997. The first-order valence-electron chi connectivity index (χ1n) is 8.98. The molecule has 0 saturated heterocycles. The Labute approximate surface area is 170 Å². The van der Waals surface area contributed by atoms with Gasteiger partial charge in [-0.2, -0.15) is 4.98 Å². The van der Waals surface area contributed by atoms with E-state index in [9.17, 15) is 4.79 Å². The van der Waals surface area contributed by atoms with E-state index in [1.165, 1.54) is 11.8 Å². The molecule has 2 heterocycles. The summed E-state index contributed by atoms with van der Waals surface area (Å²) in [4.78, 5) is 22.2. The monoisotopic (exact) mass is 450 g/mol. The molecule has 144 valence electrons. The second-order valence-electron chi connectivity index (χ2n) is 7.36. The van der Waals surface area contributed by atoms with Crippen molar-refractivity contribution < 1.29 is 4.52 Å². The zero-order valence-corrected chi connectivity index (χ0v) is 18.3. The molecule has 0 amide bonds. The number of fused-ring (bicyclic) bond motifs is 1. The number of thioether (sulfide) groups is 1. The van der Waals surface area contributed by atoms with Crippen LogP contribution < -0.4 is 5.56 Å². The molecular weight excluding hydrogens is 428 g/mol. The van der Waals surface area contributed by atoms with Crippen molar-refractivity contribution in [2.75, 3.05) is 0 Å². The lowest BCUT2D eigenvalue weighted by Crippen LogP contribution is -2.25. The van der Waals surface area contributed by atoms with Crippen LogP contribution in [0.15, 0.2) is 37.1 Å². The molecule has 2 aromatic heterocycles. The van der Waals surface area contributed by atoms with Gasteiger partial charge in [-0.05, 0) is 30.0 Å². The van der Waals surface area contributed by atoms with E-state index in [1.54, 1.807) is 4.57 Å². The molecule has 0 fully saturated rings. The van der Waals surface area contributed by atoms with Gasteiger partial charge in [0.2, 0.25) is 5.89 Å². The first kappa shape index (κ1) is 20.1. The van der Waals surface area contributed by atoms with E-state index in [1.807, 2.05) is 18.2 Å². The number of benzene rings is 1. The topological polar surface area (TPSA) is 73.8 Å². The first-order valence-corrected chi connectivity index (χ1v) is 10.8. The number of aromatic nitrogens is 4. The molecule has 0 unspecified atom stereocenters. The predicted molar refractivity (Wildman–Crippen MR) is 111 cm³/mol. The summed E-state index contributed by atoms with van der Waals surface area (Å²) in [7, 11) is 0. The first-order chi connectivity index (χ1) is 12.8. The van der Waals surface area contributed by atoms with Crippen LogP contribution in [-0.4, -0.2) is 19.7 Å². The smallest absolute Gasteiger partial charge is 0.262 e. The van der Waals surface area contributed by atoms with Gasteiger partial charge in [-0.15, -0.1) is 0 Å². The van der Waals surface area contributed by atoms with Crippen LogP contribution >= 0.6 is 27.7 Å². The molecule has 27 heavy (non-hydrogen) atoms. The van der Waals surface area contributed by atoms with Crippen LogP contribution in [0.1, 0.15) is 39.4 Å². The Kier molecular flexibility index (Phi) is 6.37. The molecule has 0 N–H and O–H groups in total. The van der Waals surface area contributed by atoms with E-state index in [4.69, 9.17) is 9.51 Å². The van der Waals surface area contributed by atoms with Gasteiger partial charge in [-0.1, -0.05) is 60.5 Å². The van der Waals surface area contributed by atoms with Crippen LogP contribution in [0.2, 0.25) is 0 Å². The summed E-state index contributed by atoms with van der Waals surface area (Å²) in [6.07, 6.45) is 0.763. The maximum Gasteiger partial charge on any atom is 0.262 e. The van der Waals surface area contributed by atoms with E-state index >= 15 is 0 Å². The third-order valence-electron chi connectivity index (χ3n) is 3.85. The summed E-state index contributed by atoms with van der Waals surface area (Å²) in [6, 6.07) is 5.58. The van der Waals surface area contributed by atoms with Crippen LogP contribution in [0, 0.1) is 11.8 Å². The maximum atomic E-state index is 13.0. The Morgan fingerprint density at radius 2 is 1.96 bits per heavy atom. The summed E-state index contributed by atoms with van der Waals surface area (Å²) < 4.78 is 7.92. The van der Waals surface area contributed by atoms with Gasteiger partial charge in [-0.25, -0.2) is 4.98 Å². The number of nitrogens with zero attached hydrogens (tertiary/aromatic N) is 4. The Hall–Kier alpha value is -1.67. The standard InChI is InChI=1S/C19H23BrN4O2S/c1-11(2)7-17-22-16(23-26-17)10-27-19-21-15-6-5-13(20)8-14(15)18(25)24(19)9-12(3)4/h5-6,8,11-12H,7,9-10H2,1-4H3. The van der Waals surface area contributed by atoms with E-state index < -0.39 is 0 Å². The van der Waals surface area contributed by atoms with Gasteiger partial charge in [0.1, 0.15) is 0 Å². The van der Waals surface area contributed by atoms with E-state index in [-0.39, 0.29) is 5.56 Å². The molecule has 0 spiro atoms.